The molecule has 0 aromatic heterocycles. The first-order valence-electron chi connectivity index (χ1n) is 6.81. The first kappa shape index (κ1) is 13.4. The lowest BCUT2D eigenvalue weighted by Crippen LogP contribution is -2.63. The van der Waals surface area contributed by atoms with E-state index in [1.165, 1.54) is 12.8 Å². The summed E-state index contributed by atoms with van der Waals surface area (Å²) in [5.74, 6) is 0.325. The number of nitrogens with zero attached hydrogens (tertiary/aromatic N) is 1. The van der Waals surface area contributed by atoms with Gasteiger partial charge < -0.3 is 15.7 Å². The summed E-state index contributed by atoms with van der Waals surface area (Å²) in [4.78, 5) is 13.3. The molecule has 102 valence electrons. The minimum Gasteiger partial charge on any atom is -0.391 e. The Morgan fingerprint density at radius 1 is 1.56 bits per heavy atom. The Bertz CT molecular complexity index is 357. The number of amides is 1. The molecule has 0 aromatic carbocycles. The van der Waals surface area contributed by atoms with Gasteiger partial charge in [0.15, 0.2) is 0 Å². The van der Waals surface area contributed by atoms with Gasteiger partial charge >= 0.3 is 0 Å². The SMILES string of the molecule is C=C1N([C@H](C(N)=O)[C@@H](C)O)CC12CCC(C)CC2. The first-order chi connectivity index (χ1) is 8.37. The second kappa shape index (κ2) is 4.57. The smallest absolute Gasteiger partial charge is 0.242 e. The van der Waals surface area contributed by atoms with Gasteiger partial charge in [-0.15, -0.1) is 0 Å². The molecular weight excluding hydrogens is 228 g/mol. The van der Waals surface area contributed by atoms with E-state index in [0.717, 1.165) is 31.0 Å². The monoisotopic (exact) mass is 252 g/mol. The van der Waals surface area contributed by atoms with Crippen LogP contribution in [0.4, 0.5) is 0 Å². The average molecular weight is 252 g/mol. The number of rotatable bonds is 3. The zero-order chi connectivity index (χ0) is 13.5. The Morgan fingerprint density at radius 3 is 2.50 bits per heavy atom. The summed E-state index contributed by atoms with van der Waals surface area (Å²) in [5.41, 5.74) is 6.54. The van der Waals surface area contributed by atoms with Crippen molar-refractivity contribution in [2.45, 2.75) is 51.7 Å². The normalized spacial score (nSPS) is 35.2. The third-order valence-corrected chi connectivity index (χ3v) is 4.75. The van der Waals surface area contributed by atoms with E-state index < -0.39 is 18.1 Å². The third-order valence-electron chi connectivity index (χ3n) is 4.75. The van der Waals surface area contributed by atoms with Gasteiger partial charge in [-0.25, -0.2) is 0 Å². The van der Waals surface area contributed by atoms with Crippen molar-refractivity contribution >= 4 is 5.91 Å². The van der Waals surface area contributed by atoms with E-state index in [4.69, 9.17) is 5.73 Å². The summed E-state index contributed by atoms with van der Waals surface area (Å²) < 4.78 is 0. The summed E-state index contributed by atoms with van der Waals surface area (Å²) >= 11 is 0. The number of aliphatic hydroxyl groups is 1. The van der Waals surface area contributed by atoms with Crippen LogP contribution in [0.5, 0.6) is 0 Å². The van der Waals surface area contributed by atoms with Crippen LogP contribution >= 0.6 is 0 Å². The summed E-state index contributed by atoms with van der Waals surface area (Å²) in [5, 5.41) is 9.68. The van der Waals surface area contributed by atoms with Crippen LogP contribution in [0.3, 0.4) is 0 Å². The molecule has 1 saturated carbocycles. The first-order valence-corrected chi connectivity index (χ1v) is 6.81. The average Bonchev–Trinajstić information content (AvgIpc) is 2.30. The molecule has 1 aliphatic heterocycles. The number of carbonyl (C=O) groups excluding carboxylic acids is 1. The highest BCUT2D eigenvalue weighted by Gasteiger charge is 2.51. The Labute approximate surface area is 109 Å². The fraction of sp³-hybridized carbons (Fsp3) is 0.786. The van der Waals surface area contributed by atoms with Crippen molar-refractivity contribution in [3.05, 3.63) is 12.3 Å². The maximum Gasteiger partial charge on any atom is 0.242 e. The number of carbonyl (C=O) groups is 1. The minimum absolute atomic E-state index is 0.176. The molecule has 1 saturated heterocycles. The minimum atomic E-state index is -0.751. The van der Waals surface area contributed by atoms with E-state index in [2.05, 4.69) is 13.5 Å². The lowest BCUT2D eigenvalue weighted by atomic mass is 9.63. The maximum atomic E-state index is 11.4. The number of hydrogen-bond donors (Lipinski definition) is 2. The zero-order valence-corrected chi connectivity index (χ0v) is 11.4. The van der Waals surface area contributed by atoms with Gasteiger partial charge in [-0.3, -0.25) is 4.79 Å². The molecule has 4 nitrogen and oxygen atoms in total. The molecule has 1 aliphatic carbocycles. The molecule has 18 heavy (non-hydrogen) atoms. The molecule has 2 atom stereocenters. The number of hydrogen-bond acceptors (Lipinski definition) is 3. The topological polar surface area (TPSA) is 66.6 Å². The van der Waals surface area contributed by atoms with E-state index >= 15 is 0 Å². The number of likely N-dealkylation sites (tertiary alicyclic amines) is 1. The lowest BCUT2D eigenvalue weighted by molar-refractivity contribution is -0.131. The Morgan fingerprint density at radius 2 is 2.11 bits per heavy atom. The molecule has 1 amide bonds. The van der Waals surface area contributed by atoms with Gasteiger partial charge in [0.25, 0.3) is 0 Å². The van der Waals surface area contributed by atoms with Gasteiger partial charge in [-0.1, -0.05) is 13.5 Å². The fourth-order valence-corrected chi connectivity index (χ4v) is 3.41. The van der Waals surface area contributed by atoms with Crippen molar-refractivity contribution in [1.29, 1.82) is 0 Å². The van der Waals surface area contributed by atoms with E-state index in [-0.39, 0.29) is 5.41 Å². The second-order valence-electron chi connectivity index (χ2n) is 6.13. The summed E-state index contributed by atoms with van der Waals surface area (Å²) in [6.45, 7) is 8.85. The van der Waals surface area contributed by atoms with Crippen LogP contribution in [0.25, 0.3) is 0 Å². The van der Waals surface area contributed by atoms with Crippen molar-refractivity contribution in [2.75, 3.05) is 6.54 Å². The third kappa shape index (κ3) is 2.03. The molecule has 2 fully saturated rings. The van der Waals surface area contributed by atoms with Gasteiger partial charge in [0.1, 0.15) is 6.04 Å². The Hall–Kier alpha value is -1.03. The van der Waals surface area contributed by atoms with Crippen LogP contribution in [0, 0.1) is 11.3 Å². The van der Waals surface area contributed by atoms with Crippen LogP contribution < -0.4 is 5.73 Å². The molecule has 3 N–H and O–H groups in total. The van der Waals surface area contributed by atoms with Crippen molar-refractivity contribution in [1.82, 2.24) is 4.90 Å². The van der Waals surface area contributed by atoms with Crippen molar-refractivity contribution < 1.29 is 9.90 Å². The van der Waals surface area contributed by atoms with Crippen LogP contribution in [-0.4, -0.2) is 34.6 Å². The van der Waals surface area contributed by atoms with Gasteiger partial charge in [0, 0.05) is 17.7 Å². The summed E-state index contributed by atoms with van der Waals surface area (Å²) in [6.07, 6.45) is 3.99. The van der Waals surface area contributed by atoms with Crippen LogP contribution in [0.2, 0.25) is 0 Å². The maximum absolute atomic E-state index is 11.4. The Balaban J connectivity index is 2.05. The number of aliphatic hydroxyl groups excluding tert-OH is 1. The second-order valence-corrected chi connectivity index (χ2v) is 6.13. The predicted octanol–water partition coefficient (Wildman–Crippen LogP) is 1.25. The van der Waals surface area contributed by atoms with E-state index in [1.807, 2.05) is 4.90 Å². The molecule has 0 aromatic rings. The molecular formula is C14H24N2O2. The van der Waals surface area contributed by atoms with Crippen LogP contribution in [0.15, 0.2) is 12.3 Å². The Kier molecular flexibility index (Phi) is 3.41. The molecule has 4 heteroatoms. The fourth-order valence-electron chi connectivity index (χ4n) is 3.41. The van der Waals surface area contributed by atoms with Crippen LogP contribution in [-0.2, 0) is 4.79 Å². The van der Waals surface area contributed by atoms with Crippen molar-refractivity contribution in [2.24, 2.45) is 17.1 Å². The molecule has 0 radical (unpaired) electrons. The highest BCUT2D eigenvalue weighted by Crippen LogP contribution is 2.52. The molecule has 0 bridgehead atoms. The van der Waals surface area contributed by atoms with Crippen LogP contribution in [0.1, 0.15) is 39.5 Å². The highest BCUT2D eigenvalue weighted by atomic mass is 16.3. The number of nitrogens with two attached hydrogens (primary N) is 1. The van der Waals surface area contributed by atoms with Gasteiger partial charge in [0.2, 0.25) is 5.91 Å². The zero-order valence-electron chi connectivity index (χ0n) is 11.4. The van der Waals surface area contributed by atoms with Gasteiger partial charge in [0.05, 0.1) is 6.10 Å². The number of primary amides is 1. The van der Waals surface area contributed by atoms with Gasteiger partial charge in [-0.05, 0) is 38.5 Å². The van der Waals surface area contributed by atoms with Gasteiger partial charge in [-0.2, -0.15) is 0 Å². The van der Waals surface area contributed by atoms with E-state index in [1.54, 1.807) is 6.92 Å². The van der Waals surface area contributed by atoms with E-state index in [9.17, 15) is 9.90 Å². The molecule has 1 heterocycles. The molecule has 2 aliphatic rings. The lowest BCUT2D eigenvalue weighted by Gasteiger charge is -2.58. The largest absolute Gasteiger partial charge is 0.391 e. The molecule has 0 unspecified atom stereocenters. The molecule has 2 rings (SSSR count). The summed E-state index contributed by atoms with van der Waals surface area (Å²) in [6, 6.07) is -0.623. The highest BCUT2D eigenvalue weighted by molar-refractivity contribution is 5.81. The standard InChI is InChI=1S/C14H24N2O2/c1-9-4-6-14(7-5-9)8-16(11(14)3)12(10(2)17)13(15)18/h9-10,12,17H,3-8H2,1-2H3,(H2,15,18)/t9?,10-,12+,14?/m1/s1. The summed E-state index contributed by atoms with van der Waals surface area (Å²) in [7, 11) is 0. The molecule has 1 spiro atoms. The quantitative estimate of drug-likeness (QED) is 0.794. The van der Waals surface area contributed by atoms with Crippen molar-refractivity contribution in [3.63, 3.8) is 0 Å². The van der Waals surface area contributed by atoms with Crippen molar-refractivity contribution in [3.8, 4) is 0 Å². The predicted molar refractivity (Wildman–Crippen MR) is 70.6 cm³/mol. The van der Waals surface area contributed by atoms with E-state index in [0.29, 0.717) is 0 Å².